The third-order valence-electron chi connectivity index (χ3n) is 5.10. The normalized spacial score (nSPS) is 18.3. The average Bonchev–Trinajstić information content (AvgIpc) is 2.75. The van der Waals surface area contributed by atoms with Crippen molar-refractivity contribution in [3.63, 3.8) is 0 Å². The monoisotopic (exact) mass is 287 g/mol. The Balaban J connectivity index is 2.44. The van der Waals surface area contributed by atoms with Crippen molar-refractivity contribution < 1.29 is 4.39 Å². The lowest BCUT2D eigenvalue weighted by Gasteiger charge is -2.21. The molecule has 21 heavy (non-hydrogen) atoms. The number of rotatable bonds is 3. The molecular weight excluding hydrogens is 261 g/mol. The average molecular weight is 287 g/mol. The van der Waals surface area contributed by atoms with Crippen molar-refractivity contribution in [2.45, 2.75) is 54.4 Å². The Morgan fingerprint density at radius 2 is 1.62 bits per heavy atom. The second-order valence-electron chi connectivity index (χ2n) is 6.43. The predicted molar refractivity (Wildman–Crippen MR) is 88.6 cm³/mol. The van der Waals surface area contributed by atoms with Crippen LogP contribution in [0.2, 0.25) is 0 Å². The zero-order chi connectivity index (χ0) is 15.9. The molecule has 1 aromatic rings. The molecule has 0 saturated carbocycles. The van der Waals surface area contributed by atoms with Crippen molar-refractivity contribution in [3.05, 3.63) is 51.5 Å². The molecule has 1 N–H and O–H groups in total. The van der Waals surface area contributed by atoms with Crippen LogP contribution in [0.5, 0.6) is 0 Å². The van der Waals surface area contributed by atoms with Gasteiger partial charge >= 0.3 is 0 Å². The third-order valence-corrected chi connectivity index (χ3v) is 5.10. The van der Waals surface area contributed by atoms with Gasteiger partial charge in [0.15, 0.2) is 0 Å². The van der Waals surface area contributed by atoms with Gasteiger partial charge in [-0.1, -0.05) is 19.1 Å². The van der Waals surface area contributed by atoms with Gasteiger partial charge in [0.1, 0.15) is 5.82 Å². The summed E-state index contributed by atoms with van der Waals surface area (Å²) in [5, 5.41) is 3.40. The molecule has 114 valence electrons. The van der Waals surface area contributed by atoms with Crippen LogP contribution in [0.15, 0.2) is 17.8 Å². The molecule has 0 radical (unpaired) electrons. The minimum atomic E-state index is -0.142. The molecule has 1 aromatic carbocycles. The lowest BCUT2D eigenvalue weighted by molar-refractivity contribution is 0.607. The first-order chi connectivity index (χ1) is 9.75. The van der Waals surface area contributed by atoms with E-state index in [9.17, 15) is 4.39 Å². The number of halogens is 1. The Morgan fingerprint density at radius 3 is 2.14 bits per heavy atom. The molecule has 0 fully saturated rings. The van der Waals surface area contributed by atoms with Gasteiger partial charge in [-0.15, -0.1) is 0 Å². The van der Waals surface area contributed by atoms with E-state index in [4.69, 9.17) is 0 Å². The van der Waals surface area contributed by atoms with Crippen LogP contribution in [0.1, 0.15) is 54.5 Å². The van der Waals surface area contributed by atoms with Crippen LogP contribution in [0.4, 0.5) is 4.39 Å². The second-order valence-corrected chi connectivity index (χ2v) is 6.43. The summed E-state index contributed by atoms with van der Waals surface area (Å²) in [6.45, 7) is 16.3. The maximum Gasteiger partial charge on any atom is 0.135 e. The Kier molecular flexibility index (Phi) is 4.27. The van der Waals surface area contributed by atoms with Gasteiger partial charge in [-0.2, -0.15) is 0 Å². The Labute approximate surface area is 128 Å². The Morgan fingerprint density at radius 1 is 1.05 bits per heavy atom. The van der Waals surface area contributed by atoms with E-state index < -0.39 is 0 Å². The van der Waals surface area contributed by atoms with Crippen LogP contribution in [-0.2, 0) is 0 Å². The smallest absolute Gasteiger partial charge is 0.135 e. The first-order valence-electron chi connectivity index (χ1n) is 7.67. The van der Waals surface area contributed by atoms with Crippen LogP contribution in [0, 0.1) is 39.4 Å². The highest BCUT2D eigenvalue weighted by molar-refractivity contribution is 5.70. The molecule has 1 aliphatic rings. The number of hydrogen-bond acceptors (Lipinski definition) is 1. The minimum absolute atomic E-state index is 0.142. The van der Waals surface area contributed by atoms with E-state index in [1.54, 1.807) is 0 Å². The van der Waals surface area contributed by atoms with Crippen molar-refractivity contribution in [2.24, 2.45) is 5.92 Å². The zero-order valence-corrected chi connectivity index (χ0v) is 14.1. The number of hydrogen-bond donors (Lipinski definition) is 1. The van der Waals surface area contributed by atoms with Gasteiger partial charge in [0, 0.05) is 17.0 Å². The van der Waals surface area contributed by atoms with Crippen molar-refractivity contribution >= 4 is 5.70 Å². The molecule has 0 amide bonds. The second kappa shape index (κ2) is 5.67. The summed E-state index contributed by atoms with van der Waals surface area (Å²) in [5.74, 6) is 0.356. The number of allylic oxidation sites excluding steroid dienone is 2. The third kappa shape index (κ3) is 2.64. The fourth-order valence-corrected chi connectivity index (χ4v) is 3.21. The van der Waals surface area contributed by atoms with Crippen LogP contribution in [0.3, 0.4) is 0 Å². The summed E-state index contributed by atoms with van der Waals surface area (Å²) in [7, 11) is 0. The molecule has 1 aliphatic carbocycles. The van der Waals surface area contributed by atoms with Gasteiger partial charge in [0.05, 0.1) is 0 Å². The first-order valence-corrected chi connectivity index (χ1v) is 7.67. The summed E-state index contributed by atoms with van der Waals surface area (Å²) < 4.78 is 14.7. The largest absolute Gasteiger partial charge is 0.359 e. The van der Waals surface area contributed by atoms with Gasteiger partial charge in [-0.3, -0.25) is 0 Å². The van der Waals surface area contributed by atoms with E-state index in [1.165, 1.54) is 11.3 Å². The van der Waals surface area contributed by atoms with E-state index in [1.807, 2.05) is 20.8 Å². The van der Waals surface area contributed by atoms with Crippen LogP contribution < -0.4 is 5.32 Å². The topological polar surface area (TPSA) is 12.0 Å². The van der Waals surface area contributed by atoms with Crippen LogP contribution in [-0.4, -0.2) is 0 Å². The molecule has 2 rings (SSSR count). The predicted octanol–water partition coefficient (Wildman–Crippen LogP) is 5.32. The van der Waals surface area contributed by atoms with Gasteiger partial charge in [0.25, 0.3) is 0 Å². The molecule has 0 heterocycles. The first kappa shape index (κ1) is 15.8. The zero-order valence-electron chi connectivity index (χ0n) is 14.1. The van der Waals surface area contributed by atoms with E-state index in [2.05, 4.69) is 32.7 Å². The number of nitrogens with one attached hydrogen (secondary N) is 1. The summed E-state index contributed by atoms with van der Waals surface area (Å²) in [6.07, 6.45) is 2.28. The molecule has 1 atom stereocenters. The van der Waals surface area contributed by atoms with E-state index in [0.717, 1.165) is 35.1 Å². The highest BCUT2D eigenvalue weighted by Crippen LogP contribution is 2.33. The summed E-state index contributed by atoms with van der Waals surface area (Å²) in [6, 6.07) is 0. The lowest BCUT2D eigenvalue weighted by atomic mass is 9.92. The Bertz CT molecular complexity index is 608. The molecule has 0 bridgehead atoms. The maximum atomic E-state index is 14.7. The fourth-order valence-electron chi connectivity index (χ4n) is 3.21. The van der Waals surface area contributed by atoms with Gasteiger partial charge in [-0.05, 0) is 75.6 Å². The standard InChI is InChI=1S/C19H26FN/c1-10-8-9-11(2)19(10)21-16(7)17-14(5)12(3)13(4)15(6)18(17)20/h10,21H,7-9H2,1-6H3. The molecule has 2 heteroatoms. The maximum absolute atomic E-state index is 14.7. The lowest BCUT2D eigenvalue weighted by Crippen LogP contribution is -2.18. The van der Waals surface area contributed by atoms with E-state index >= 15 is 0 Å². The van der Waals surface area contributed by atoms with Crippen LogP contribution >= 0.6 is 0 Å². The summed E-state index contributed by atoms with van der Waals surface area (Å²) in [4.78, 5) is 0. The summed E-state index contributed by atoms with van der Waals surface area (Å²) in [5.41, 5.74) is 7.78. The molecule has 0 saturated heterocycles. The highest BCUT2D eigenvalue weighted by atomic mass is 19.1. The van der Waals surface area contributed by atoms with Gasteiger partial charge in [0.2, 0.25) is 0 Å². The number of benzene rings is 1. The van der Waals surface area contributed by atoms with Crippen molar-refractivity contribution in [1.82, 2.24) is 5.32 Å². The molecular formula is C19H26FN. The molecule has 0 aromatic heterocycles. The van der Waals surface area contributed by atoms with E-state index in [-0.39, 0.29) is 5.82 Å². The highest BCUT2D eigenvalue weighted by Gasteiger charge is 2.22. The SMILES string of the molecule is C=C(NC1=C(C)CCC1C)c1c(C)c(C)c(C)c(C)c1F. The Hall–Kier alpha value is -1.57. The fraction of sp³-hybridized carbons (Fsp3) is 0.474. The minimum Gasteiger partial charge on any atom is -0.359 e. The molecule has 0 spiro atoms. The summed E-state index contributed by atoms with van der Waals surface area (Å²) >= 11 is 0. The van der Waals surface area contributed by atoms with E-state index in [0.29, 0.717) is 17.2 Å². The quantitative estimate of drug-likeness (QED) is 0.793. The van der Waals surface area contributed by atoms with Gasteiger partial charge < -0.3 is 5.32 Å². The van der Waals surface area contributed by atoms with Crippen LogP contribution in [0.25, 0.3) is 5.70 Å². The van der Waals surface area contributed by atoms with Gasteiger partial charge in [-0.25, -0.2) is 4.39 Å². The van der Waals surface area contributed by atoms with Crippen molar-refractivity contribution in [1.29, 1.82) is 0 Å². The van der Waals surface area contributed by atoms with Crippen molar-refractivity contribution in [2.75, 3.05) is 0 Å². The van der Waals surface area contributed by atoms with Crippen molar-refractivity contribution in [3.8, 4) is 0 Å². The molecule has 1 unspecified atom stereocenters. The molecule has 1 nitrogen and oxygen atoms in total. The molecule has 0 aliphatic heterocycles.